The minimum Gasteiger partial charge on any atom is -0.282 e. The van der Waals surface area contributed by atoms with E-state index in [2.05, 4.69) is 16.3 Å². The Hall–Kier alpha value is -1.91. The summed E-state index contributed by atoms with van der Waals surface area (Å²) in [6, 6.07) is 8.07. The van der Waals surface area contributed by atoms with Crippen LogP contribution in [0.3, 0.4) is 0 Å². The first-order valence-corrected chi connectivity index (χ1v) is 4.09. The number of benzene rings is 1. The number of aromatic amines is 1. The fraction of sp³-hybridized carbons (Fsp3) is 0.222. The number of hydrogen-bond donors (Lipinski definition) is 1. The van der Waals surface area contributed by atoms with Gasteiger partial charge in [-0.15, -0.1) is 0 Å². The maximum atomic E-state index is 8.81. The maximum Gasteiger partial charge on any atom is 0.194 e. The zero-order valence-electron chi connectivity index (χ0n) is 8.02. The molecule has 0 atom stereocenters. The fourth-order valence-electron chi connectivity index (χ4n) is 1.09. The van der Waals surface area contributed by atoms with Gasteiger partial charge in [-0.1, -0.05) is 18.2 Å². The summed E-state index contributed by atoms with van der Waals surface area (Å²) in [5.74, 6) is 0. The van der Waals surface area contributed by atoms with Gasteiger partial charge in [0.2, 0.25) is 0 Å². The molecule has 0 bridgehead atoms. The molecule has 2 aromatic rings. The molecule has 1 heterocycles. The van der Waals surface area contributed by atoms with Crippen molar-refractivity contribution in [1.29, 1.82) is 0 Å². The van der Waals surface area contributed by atoms with Crippen molar-refractivity contribution in [2.45, 2.75) is 6.92 Å². The number of hydrogen-bond acceptors (Lipinski definition) is 3. The Bertz CT molecular complexity index is 432. The Morgan fingerprint density at radius 3 is 2.57 bits per heavy atom. The quantitative estimate of drug-likeness (QED) is 0.512. The molecule has 1 aromatic carbocycles. The second-order valence-electron chi connectivity index (χ2n) is 2.81. The van der Waals surface area contributed by atoms with E-state index in [1.54, 1.807) is 0 Å². The third-order valence-corrected chi connectivity index (χ3v) is 1.65. The topological polar surface area (TPSA) is 71.8 Å². The van der Waals surface area contributed by atoms with E-state index in [0.717, 1.165) is 18.3 Å². The standard InChI is InChI=1S/C8H8N2.CH3NO2/c1-6-7-4-2-3-5-8(7)10-9-6;1-2(3)4/h2-5H,1H3,(H,9,10);1H3. The van der Waals surface area contributed by atoms with Gasteiger partial charge in [-0.3, -0.25) is 15.2 Å². The highest BCUT2D eigenvalue weighted by molar-refractivity contribution is 5.80. The van der Waals surface area contributed by atoms with E-state index < -0.39 is 4.92 Å². The van der Waals surface area contributed by atoms with E-state index in [1.807, 2.05) is 25.1 Å². The summed E-state index contributed by atoms with van der Waals surface area (Å²) in [7, 11) is 0.889. The molecule has 0 aliphatic carbocycles. The molecule has 5 nitrogen and oxygen atoms in total. The SMILES string of the molecule is C[N+](=O)[O-].Cc1[nH]nc2ccccc12. The summed E-state index contributed by atoms with van der Waals surface area (Å²) in [5, 5.41) is 17.0. The Morgan fingerprint density at radius 1 is 1.43 bits per heavy atom. The second kappa shape index (κ2) is 4.36. The molecule has 0 saturated heterocycles. The van der Waals surface area contributed by atoms with Gasteiger partial charge >= 0.3 is 0 Å². The van der Waals surface area contributed by atoms with E-state index in [0.29, 0.717) is 0 Å². The molecule has 0 saturated carbocycles. The summed E-state index contributed by atoms with van der Waals surface area (Å²) in [4.78, 5) is 8.31. The molecule has 0 fully saturated rings. The third-order valence-electron chi connectivity index (χ3n) is 1.65. The molecule has 1 aromatic heterocycles. The number of aromatic nitrogens is 2. The van der Waals surface area contributed by atoms with Crippen molar-refractivity contribution in [1.82, 2.24) is 10.2 Å². The van der Waals surface area contributed by atoms with Crippen LogP contribution in [0.4, 0.5) is 0 Å². The van der Waals surface area contributed by atoms with Crippen LogP contribution >= 0.6 is 0 Å². The summed E-state index contributed by atoms with van der Waals surface area (Å²) in [5.41, 5.74) is 2.18. The van der Waals surface area contributed by atoms with Crippen molar-refractivity contribution < 1.29 is 4.92 Å². The van der Waals surface area contributed by atoms with Gasteiger partial charge < -0.3 is 0 Å². The number of fused-ring (bicyclic) bond motifs is 1. The predicted molar refractivity (Wildman–Crippen MR) is 53.7 cm³/mol. The van der Waals surface area contributed by atoms with Gasteiger partial charge in [0, 0.05) is 16.0 Å². The van der Waals surface area contributed by atoms with Crippen molar-refractivity contribution in [3.05, 3.63) is 40.1 Å². The molecule has 0 spiro atoms. The predicted octanol–water partition coefficient (Wildman–Crippen LogP) is 1.76. The molecular weight excluding hydrogens is 182 g/mol. The highest BCUT2D eigenvalue weighted by atomic mass is 16.6. The molecule has 5 heteroatoms. The number of para-hydroxylation sites is 1. The molecule has 0 amide bonds. The van der Waals surface area contributed by atoms with Crippen LogP contribution in [-0.2, 0) is 0 Å². The van der Waals surface area contributed by atoms with Crippen molar-refractivity contribution in [3.8, 4) is 0 Å². The number of rotatable bonds is 0. The van der Waals surface area contributed by atoms with Gasteiger partial charge in [0.1, 0.15) is 0 Å². The van der Waals surface area contributed by atoms with Gasteiger partial charge in [-0.05, 0) is 13.0 Å². The van der Waals surface area contributed by atoms with Crippen LogP contribution in [0.2, 0.25) is 0 Å². The van der Waals surface area contributed by atoms with Crippen LogP contribution in [0.25, 0.3) is 10.9 Å². The van der Waals surface area contributed by atoms with E-state index in [4.69, 9.17) is 10.1 Å². The van der Waals surface area contributed by atoms with Crippen LogP contribution in [0.1, 0.15) is 5.69 Å². The van der Waals surface area contributed by atoms with Crippen LogP contribution < -0.4 is 0 Å². The summed E-state index contributed by atoms with van der Waals surface area (Å²) in [6.45, 7) is 2.02. The lowest BCUT2D eigenvalue weighted by Crippen LogP contribution is -1.79. The lowest BCUT2D eigenvalue weighted by molar-refractivity contribution is -0.445. The van der Waals surface area contributed by atoms with Crippen LogP contribution in [0, 0.1) is 17.0 Å². The molecule has 0 aliphatic rings. The van der Waals surface area contributed by atoms with Crippen molar-refractivity contribution in [2.24, 2.45) is 0 Å². The van der Waals surface area contributed by atoms with Gasteiger partial charge in [0.15, 0.2) is 7.05 Å². The number of nitrogens with one attached hydrogen (secondary N) is 1. The first kappa shape index (κ1) is 10.2. The molecule has 14 heavy (non-hydrogen) atoms. The Morgan fingerprint density at radius 2 is 2.00 bits per heavy atom. The highest BCUT2D eigenvalue weighted by Crippen LogP contribution is 2.12. The second-order valence-corrected chi connectivity index (χ2v) is 2.81. The molecule has 1 N–H and O–H groups in total. The largest absolute Gasteiger partial charge is 0.282 e. The number of aryl methyl sites for hydroxylation is 1. The summed E-state index contributed by atoms with van der Waals surface area (Å²) >= 11 is 0. The number of nitro groups is 1. The smallest absolute Gasteiger partial charge is 0.194 e. The van der Waals surface area contributed by atoms with Gasteiger partial charge in [0.25, 0.3) is 0 Å². The van der Waals surface area contributed by atoms with E-state index >= 15 is 0 Å². The van der Waals surface area contributed by atoms with Crippen LogP contribution in [0.15, 0.2) is 24.3 Å². The Balaban J connectivity index is 0.000000213. The number of H-pyrrole nitrogens is 1. The zero-order valence-corrected chi connectivity index (χ0v) is 8.02. The van der Waals surface area contributed by atoms with Gasteiger partial charge in [-0.25, -0.2) is 0 Å². The van der Waals surface area contributed by atoms with Gasteiger partial charge in [0.05, 0.1) is 5.52 Å². The zero-order chi connectivity index (χ0) is 10.6. The first-order valence-electron chi connectivity index (χ1n) is 4.09. The van der Waals surface area contributed by atoms with E-state index in [-0.39, 0.29) is 0 Å². The van der Waals surface area contributed by atoms with Gasteiger partial charge in [-0.2, -0.15) is 5.10 Å². The summed E-state index contributed by atoms with van der Waals surface area (Å²) < 4.78 is 0. The molecule has 0 aliphatic heterocycles. The monoisotopic (exact) mass is 193 g/mol. The lowest BCUT2D eigenvalue weighted by Gasteiger charge is -1.84. The molecule has 0 unspecified atom stereocenters. The first-order chi connectivity index (χ1) is 6.61. The Kier molecular flexibility index (Phi) is 3.17. The van der Waals surface area contributed by atoms with E-state index in [1.165, 1.54) is 5.39 Å². The average Bonchev–Trinajstić information content (AvgIpc) is 2.48. The molecule has 0 radical (unpaired) electrons. The lowest BCUT2D eigenvalue weighted by atomic mass is 10.2. The molecule has 2 rings (SSSR count). The molecular formula is C9H11N3O2. The van der Waals surface area contributed by atoms with Crippen molar-refractivity contribution in [2.75, 3.05) is 7.05 Å². The molecule has 74 valence electrons. The fourth-order valence-corrected chi connectivity index (χ4v) is 1.09. The third kappa shape index (κ3) is 2.55. The van der Waals surface area contributed by atoms with Crippen molar-refractivity contribution >= 4 is 10.9 Å². The number of nitrogens with zero attached hydrogens (tertiary/aromatic N) is 2. The van der Waals surface area contributed by atoms with Crippen LogP contribution in [0.5, 0.6) is 0 Å². The normalized spacial score (nSPS) is 9.29. The minimum absolute atomic E-state index is 0.500. The average molecular weight is 193 g/mol. The van der Waals surface area contributed by atoms with Crippen LogP contribution in [-0.4, -0.2) is 22.2 Å². The Labute approximate surface area is 80.9 Å². The van der Waals surface area contributed by atoms with Crippen molar-refractivity contribution in [3.63, 3.8) is 0 Å². The maximum absolute atomic E-state index is 8.81. The summed E-state index contributed by atoms with van der Waals surface area (Å²) in [6.07, 6.45) is 0. The van der Waals surface area contributed by atoms with E-state index in [9.17, 15) is 0 Å². The minimum atomic E-state index is -0.500. The highest BCUT2D eigenvalue weighted by Gasteiger charge is 1.96.